The van der Waals surface area contributed by atoms with Crippen LogP contribution in [0.1, 0.15) is 6.42 Å². The third-order valence-electron chi connectivity index (χ3n) is 3.74. The summed E-state index contributed by atoms with van der Waals surface area (Å²) >= 11 is 0. The molecule has 1 aromatic carbocycles. The van der Waals surface area contributed by atoms with E-state index in [9.17, 15) is 23.1 Å². The molecule has 0 radical (unpaired) electrons. The summed E-state index contributed by atoms with van der Waals surface area (Å²) in [6.07, 6.45) is 0.303. The zero-order valence-corrected chi connectivity index (χ0v) is 14.1. The number of nitrogens with one attached hydrogen (secondary N) is 1. The smallest absolute Gasteiger partial charge is 0.313 e. The van der Waals surface area contributed by atoms with Crippen LogP contribution in [-0.2, 0) is 24.2 Å². The number of hydrogen-bond acceptors (Lipinski definition) is 6. The first kappa shape index (κ1) is 18.2. The van der Waals surface area contributed by atoms with E-state index in [1.165, 1.54) is 36.3 Å². The molecule has 1 aliphatic rings. The highest BCUT2D eigenvalue weighted by atomic mass is 32.2. The van der Waals surface area contributed by atoms with E-state index >= 15 is 0 Å². The van der Waals surface area contributed by atoms with E-state index in [0.29, 0.717) is 6.42 Å². The SMILES string of the molecule is COCCN(C(=O)C(=O)Nc1cccc(O)c1)C1CCS(=O)(=O)C1. The highest BCUT2D eigenvalue weighted by molar-refractivity contribution is 7.91. The lowest BCUT2D eigenvalue weighted by atomic mass is 10.2. The van der Waals surface area contributed by atoms with Crippen molar-refractivity contribution in [3.63, 3.8) is 0 Å². The molecule has 1 saturated heterocycles. The molecule has 1 atom stereocenters. The summed E-state index contributed by atoms with van der Waals surface area (Å²) in [6.45, 7) is 0.324. The van der Waals surface area contributed by atoms with Crippen molar-refractivity contribution in [3.8, 4) is 5.75 Å². The van der Waals surface area contributed by atoms with Crippen LogP contribution in [0.3, 0.4) is 0 Å². The zero-order valence-electron chi connectivity index (χ0n) is 13.3. The van der Waals surface area contributed by atoms with Crippen LogP contribution < -0.4 is 5.32 Å². The van der Waals surface area contributed by atoms with Gasteiger partial charge in [-0.2, -0.15) is 0 Å². The Hall–Kier alpha value is -2.13. The molecule has 1 aliphatic heterocycles. The van der Waals surface area contributed by atoms with Crippen molar-refractivity contribution >= 4 is 27.3 Å². The van der Waals surface area contributed by atoms with E-state index in [4.69, 9.17) is 4.74 Å². The summed E-state index contributed by atoms with van der Waals surface area (Å²) in [7, 11) is -1.73. The molecule has 9 heteroatoms. The third kappa shape index (κ3) is 4.68. The van der Waals surface area contributed by atoms with Gasteiger partial charge in [-0.25, -0.2) is 8.42 Å². The number of nitrogens with zero attached hydrogens (tertiary/aromatic N) is 1. The van der Waals surface area contributed by atoms with Gasteiger partial charge in [0.25, 0.3) is 0 Å². The van der Waals surface area contributed by atoms with Crippen LogP contribution in [0, 0.1) is 0 Å². The summed E-state index contributed by atoms with van der Waals surface area (Å²) in [5.41, 5.74) is 0.277. The molecular formula is C15H20N2O6S. The predicted molar refractivity (Wildman–Crippen MR) is 87.4 cm³/mol. The van der Waals surface area contributed by atoms with Crippen LogP contribution in [0.5, 0.6) is 5.75 Å². The minimum absolute atomic E-state index is 0.00258. The molecule has 1 aromatic rings. The molecule has 0 bridgehead atoms. The number of methoxy groups -OCH3 is 1. The quantitative estimate of drug-likeness (QED) is 0.718. The first-order chi connectivity index (χ1) is 11.3. The van der Waals surface area contributed by atoms with Gasteiger partial charge in [-0.1, -0.05) is 6.07 Å². The normalized spacial score (nSPS) is 19.0. The van der Waals surface area contributed by atoms with Crippen LogP contribution in [0.4, 0.5) is 5.69 Å². The van der Waals surface area contributed by atoms with Crippen LogP contribution in [-0.4, -0.2) is 68.0 Å². The molecule has 8 nitrogen and oxygen atoms in total. The molecule has 2 N–H and O–H groups in total. The molecule has 0 spiro atoms. The van der Waals surface area contributed by atoms with Crippen molar-refractivity contribution < 1.29 is 27.9 Å². The minimum atomic E-state index is -3.19. The second-order valence-electron chi connectivity index (χ2n) is 5.55. The number of benzene rings is 1. The van der Waals surface area contributed by atoms with Gasteiger partial charge in [0.1, 0.15) is 5.75 Å². The molecule has 2 amide bonds. The Kier molecular flexibility index (Phi) is 5.79. The Morgan fingerprint density at radius 2 is 2.17 bits per heavy atom. The Labute approximate surface area is 140 Å². The van der Waals surface area contributed by atoms with Gasteiger partial charge in [0, 0.05) is 31.5 Å². The predicted octanol–water partition coefficient (Wildman–Crippen LogP) is -0.00720. The average Bonchev–Trinajstić information content (AvgIpc) is 2.87. The molecule has 0 aliphatic carbocycles. The van der Waals surface area contributed by atoms with E-state index in [1.54, 1.807) is 0 Å². The van der Waals surface area contributed by atoms with Crippen LogP contribution in [0.2, 0.25) is 0 Å². The Morgan fingerprint density at radius 3 is 2.75 bits per heavy atom. The van der Waals surface area contributed by atoms with Gasteiger partial charge in [-0.3, -0.25) is 9.59 Å². The van der Waals surface area contributed by atoms with Crippen molar-refractivity contribution in [1.29, 1.82) is 0 Å². The zero-order chi connectivity index (χ0) is 17.7. The van der Waals surface area contributed by atoms with Crippen molar-refractivity contribution in [1.82, 2.24) is 4.90 Å². The number of phenolic OH excluding ortho intramolecular Hbond substituents is 1. The monoisotopic (exact) mass is 356 g/mol. The number of rotatable bonds is 5. The summed E-state index contributed by atoms with van der Waals surface area (Å²) in [5, 5.41) is 11.8. The topological polar surface area (TPSA) is 113 Å². The number of carbonyl (C=O) groups excluding carboxylic acids is 2. The second kappa shape index (κ2) is 7.63. The molecule has 2 rings (SSSR count). The maximum Gasteiger partial charge on any atom is 0.313 e. The van der Waals surface area contributed by atoms with Gasteiger partial charge in [-0.05, 0) is 18.6 Å². The number of hydrogen-bond donors (Lipinski definition) is 2. The molecule has 1 fully saturated rings. The van der Waals surface area contributed by atoms with Crippen molar-refractivity contribution in [2.24, 2.45) is 0 Å². The third-order valence-corrected chi connectivity index (χ3v) is 5.49. The van der Waals surface area contributed by atoms with Gasteiger partial charge in [-0.15, -0.1) is 0 Å². The molecule has 0 saturated carbocycles. The summed E-state index contributed by atoms with van der Waals surface area (Å²) in [6, 6.07) is 5.27. The lowest BCUT2D eigenvalue weighted by Crippen LogP contribution is -2.47. The van der Waals surface area contributed by atoms with Crippen LogP contribution in [0.25, 0.3) is 0 Å². The van der Waals surface area contributed by atoms with Gasteiger partial charge < -0.3 is 20.1 Å². The highest BCUT2D eigenvalue weighted by Crippen LogP contribution is 2.19. The number of sulfone groups is 1. The van der Waals surface area contributed by atoms with Gasteiger partial charge in [0.2, 0.25) is 0 Å². The summed E-state index contributed by atoms with van der Waals surface area (Å²) in [5.74, 6) is -1.90. The maximum atomic E-state index is 12.4. The molecule has 24 heavy (non-hydrogen) atoms. The first-order valence-corrected chi connectivity index (χ1v) is 9.25. The number of carbonyl (C=O) groups is 2. The number of phenols is 1. The Balaban J connectivity index is 2.10. The van der Waals surface area contributed by atoms with E-state index in [-0.39, 0.29) is 36.1 Å². The van der Waals surface area contributed by atoms with Crippen molar-refractivity contribution in [3.05, 3.63) is 24.3 Å². The average molecular weight is 356 g/mol. The van der Waals surface area contributed by atoms with E-state index < -0.39 is 27.7 Å². The fourth-order valence-electron chi connectivity index (χ4n) is 2.56. The molecule has 132 valence electrons. The van der Waals surface area contributed by atoms with Crippen molar-refractivity contribution in [2.75, 3.05) is 37.1 Å². The highest BCUT2D eigenvalue weighted by Gasteiger charge is 2.36. The molecular weight excluding hydrogens is 336 g/mol. The van der Waals surface area contributed by atoms with E-state index in [0.717, 1.165) is 0 Å². The second-order valence-corrected chi connectivity index (χ2v) is 7.78. The van der Waals surface area contributed by atoms with Crippen LogP contribution in [0.15, 0.2) is 24.3 Å². The minimum Gasteiger partial charge on any atom is -0.508 e. The summed E-state index contributed by atoms with van der Waals surface area (Å²) < 4.78 is 28.2. The summed E-state index contributed by atoms with van der Waals surface area (Å²) in [4.78, 5) is 25.9. The first-order valence-electron chi connectivity index (χ1n) is 7.43. The standard InChI is InChI=1S/C15H20N2O6S/c1-23-7-6-17(12-5-8-24(21,22)10-12)15(20)14(19)16-11-3-2-4-13(18)9-11/h2-4,9,12,18H,5-8,10H2,1H3,(H,16,19). The largest absolute Gasteiger partial charge is 0.508 e. The lowest BCUT2D eigenvalue weighted by molar-refractivity contribution is -0.144. The van der Waals surface area contributed by atoms with E-state index in [2.05, 4.69) is 5.32 Å². The Morgan fingerprint density at radius 1 is 1.42 bits per heavy atom. The number of amides is 2. The molecule has 1 unspecified atom stereocenters. The molecule has 1 heterocycles. The van der Waals surface area contributed by atoms with Gasteiger partial charge >= 0.3 is 11.8 Å². The van der Waals surface area contributed by atoms with Gasteiger partial charge in [0.15, 0.2) is 9.84 Å². The fraction of sp³-hybridized carbons (Fsp3) is 0.467. The van der Waals surface area contributed by atoms with Crippen LogP contribution >= 0.6 is 0 Å². The Bertz CT molecular complexity index is 718. The lowest BCUT2D eigenvalue weighted by Gasteiger charge is -2.27. The fourth-order valence-corrected chi connectivity index (χ4v) is 4.29. The number of aromatic hydroxyl groups is 1. The molecule has 0 aromatic heterocycles. The van der Waals surface area contributed by atoms with E-state index in [1.807, 2.05) is 0 Å². The number of anilines is 1. The number of ether oxygens (including phenoxy) is 1. The maximum absolute atomic E-state index is 12.4. The van der Waals surface area contributed by atoms with Crippen molar-refractivity contribution in [2.45, 2.75) is 12.5 Å². The van der Waals surface area contributed by atoms with Gasteiger partial charge in [0.05, 0.1) is 18.1 Å².